The lowest BCUT2D eigenvalue weighted by molar-refractivity contribution is 0.330. The molecule has 0 aliphatic carbocycles. The van der Waals surface area contributed by atoms with Crippen LogP contribution in [0.3, 0.4) is 0 Å². The zero-order chi connectivity index (χ0) is 9.86. The summed E-state index contributed by atoms with van der Waals surface area (Å²) in [5.74, 6) is 0. The summed E-state index contributed by atoms with van der Waals surface area (Å²) in [5, 5.41) is 12.6. The molecule has 1 fully saturated rings. The van der Waals surface area contributed by atoms with Gasteiger partial charge in [0.25, 0.3) is 0 Å². The molecule has 2 heterocycles. The maximum absolute atomic E-state index is 9.26. The Bertz CT molecular complexity index is 333. The van der Waals surface area contributed by atoms with E-state index in [0.29, 0.717) is 0 Å². The van der Waals surface area contributed by atoms with E-state index in [1.807, 2.05) is 12.1 Å². The monoisotopic (exact) mass is 187 g/mol. The average molecular weight is 187 g/mol. The van der Waals surface area contributed by atoms with E-state index in [1.165, 1.54) is 0 Å². The Balaban J connectivity index is 2.33. The summed E-state index contributed by atoms with van der Waals surface area (Å²) in [6.45, 7) is 0.926. The van der Waals surface area contributed by atoms with Crippen molar-refractivity contribution in [3.8, 4) is 6.07 Å². The molecule has 1 unspecified atom stereocenters. The van der Waals surface area contributed by atoms with Gasteiger partial charge in [0, 0.05) is 12.4 Å². The fourth-order valence-electron chi connectivity index (χ4n) is 1.95. The van der Waals surface area contributed by atoms with Crippen LogP contribution in [0, 0.1) is 11.3 Å². The van der Waals surface area contributed by atoms with Crippen LogP contribution in [-0.4, -0.2) is 11.5 Å². The van der Waals surface area contributed by atoms with E-state index in [1.54, 1.807) is 12.4 Å². The molecule has 0 radical (unpaired) electrons. The highest BCUT2D eigenvalue weighted by Crippen LogP contribution is 2.28. The van der Waals surface area contributed by atoms with Crippen LogP contribution < -0.4 is 5.32 Å². The van der Waals surface area contributed by atoms with Crippen LogP contribution in [0.5, 0.6) is 0 Å². The standard InChI is InChI=1S/C11H13N3/c12-9-11(5-1-2-6-14-11)10-3-7-13-8-4-10/h3-4,7-8,14H,1-2,5-6H2. The molecule has 1 aliphatic rings. The van der Waals surface area contributed by atoms with E-state index in [-0.39, 0.29) is 0 Å². The quantitative estimate of drug-likeness (QED) is 0.726. The van der Waals surface area contributed by atoms with Crippen LogP contribution >= 0.6 is 0 Å². The van der Waals surface area contributed by atoms with Crippen LogP contribution in [0.4, 0.5) is 0 Å². The molecule has 1 aromatic heterocycles. The van der Waals surface area contributed by atoms with Crippen LogP contribution in [0.2, 0.25) is 0 Å². The molecule has 2 rings (SSSR count). The van der Waals surface area contributed by atoms with Crippen molar-refractivity contribution in [2.75, 3.05) is 6.54 Å². The van der Waals surface area contributed by atoms with Gasteiger partial charge in [-0.2, -0.15) is 5.26 Å². The zero-order valence-corrected chi connectivity index (χ0v) is 8.03. The smallest absolute Gasteiger partial charge is 0.132 e. The van der Waals surface area contributed by atoms with Gasteiger partial charge in [0.15, 0.2) is 0 Å². The number of nitrogens with zero attached hydrogens (tertiary/aromatic N) is 2. The first-order valence-electron chi connectivity index (χ1n) is 4.94. The molecular formula is C11H13N3. The molecule has 1 saturated heterocycles. The molecule has 0 bridgehead atoms. The van der Waals surface area contributed by atoms with Crippen LogP contribution in [0.15, 0.2) is 24.5 Å². The van der Waals surface area contributed by atoms with E-state index in [0.717, 1.165) is 31.4 Å². The van der Waals surface area contributed by atoms with E-state index in [2.05, 4.69) is 16.4 Å². The first-order chi connectivity index (χ1) is 6.87. The Labute approximate surface area is 83.8 Å². The second kappa shape index (κ2) is 3.77. The molecule has 0 spiro atoms. The second-order valence-corrected chi connectivity index (χ2v) is 3.64. The molecule has 1 aliphatic heterocycles. The summed E-state index contributed by atoms with van der Waals surface area (Å²) in [7, 11) is 0. The van der Waals surface area contributed by atoms with Gasteiger partial charge in [-0.05, 0) is 43.5 Å². The van der Waals surface area contributed by atoms with Crippen LogP contribution in [0.25, 0.3) is 0 Å². The fraction of sp³-hybridized carbons (Fsp3) is 0.455. The van der Waals surface area contributed by atoms with E-state index in [9.17, 15) is 5.26 Å². The Morgan fingerprint density at radius 2 is 2.14 bits per heavy atom. The predicted octanol–water partition coefficient (Wildman–Crippen LogP) is 1.57. The van der Waals surface area contributed by atoms with Crippen molar-refractivity contribution < 1.29 is 0 Å². The van der Waals surface area contributed by atoms with Gasteiger partial charge in [-0.1, -0.05) is 0 Å². The van der Waals surface area contributed by atoms with Crippen molar-refractivity contribution >= 4 is 0 Å². The number of pyridine rings is 1. The largest absolute Gasteiger partial charge is 0.296 e. The molecule has 0 amide bonds. The minimum Gasteiger partial charge on any atom is -0.296 e. The highest BCUT2D eigenvalue weighted by atomic mass is 15.0. The number of aromatic nitrogens is 1. The van der Waals surface area contributed by atoms with Crippen molar-refractivity contribution in [3.05, 3.63) is 30.1 Å². The molecule has 1 aromatic rings. The number of rotatable bonds is 1. The summed E-state index contributed by atoms with van der Waals surface area (Å²) < 4.78 is 0. The van der Waals surface area contributed by atoms with Gasteiger partial charge in [0.05, 0.1) is 6.07 Å². The molecule has 1 N–H and O–H groups in total. The lowest BCUT2D eigenvalue weighted by atomic mass is 9.84. The summed E-state index contributed by atoms with van der Waals surface area (Å²) >= 11 is 0. The Kier molecular flexibility index (Phi) is 2.47. The van der Waals surface area contributed by atoms with Crippen molar-refractivity contribution in [1.82, 2.24) is 10.3 Å². The van der Waals surface area contributed by atoms with Gasteiger partial charge in [0.1, 0.15) is 5.54 Å². The summed E-state index contributed by atoms with van der Waals surface area (Å²) in [4.78, 5) is 3.97. The number of hydrogen-bond donors (Lipinski definition) is 1. The van der Waals surface area contributed by atoms with Crippen molar-refractivity contribution in [3.63, 3.8) is 0 Å². The predicted molar refractivity (Wildman–Crippen MR) is 53.4 cm³/mol. The van der Waals surface area contributed by atoms with Gasteiger partial charge in [-0.3, -0.25) is 10.3 Å². The third-order valence-corrected chi connectivity index (χ3v) is 2.77. The lowest BCUT2D eigenvalue weighted by Crippen LogP contribution is -2.44. The van der Waals surface area contributed by atoms with Crippen molar-refractivity contribution in [2.45, 2.75) is 24.8 Å². The number of nitriles is 1. The number of hydrogen-bond acceptors (Lipinski definition) is 3. The molecule has 3 heteroatoms. The molecule has 72 valence electrons. The third kappa shape index (κ3) is 1.49. The molecule has 1 atom stereocenters. The first kappa shape index (κ1) is 9.17. The van der Waals surface area contributed by atoms with Crippen molar-refractivity contribution in [2.24, 2.45) is 0 Å². The van der Waals surface area contributed by atoms with E-state index < -0.39 is 5.54 Å². The highest BCUT2D eigenvalue weighted by molar-refractivity contribution is 5.30. The highest BCUT2D eigenvalue weighted by Gasteiger charge is 2.33. The van der Waals surface area contributed by atoms with Gasteiger partial charge in [0.2, 0.25) is 0 Å². The average Bonchev–Trinajstić information content (AvgIpc) is 2.31. The van der Waals surface area contributed by atoms with Gasteiger partial charge >= 0.3 is 0 Å². The van der Waals surface area contributed by atoms with Crippen LogP contribution in [-0.2, 0) is 5.54 Å². The lowest BCUT2D eigenvalue weighted by Gasteiger charge is -2.32. The summed E-state index contributed by atoms with van der Waals surface area (Å²) in [5.41, 5.74) is 0.566. The minimum atomic E-state index is -0.471. The number of nitrogens with one attached hydrogen (secondary N) is 1. The molecule has 3 nitrogen and oxygen atoms in total. The van der Waals surface area contributed by atoms with Crippen molar-refractivity contribution in [1.29, 1.82) is 5.26 Å². The molecular weight excluding hydrogens is 174 g/mol. The normalized spacial score (nSPS) is 26.8. The van der Waals surface area contributed by atoms with E-state index >= 15 is 0 Å². The number of piperidine rings is 1. The van der Waals surface area contributed by atoms with Gasteiger partial charge in [-0.25, -0.2) is 0 Å². The maximum Gasteiger partial charge on any atom is 0.132 e. The second-order valence-electron chi connectivity index (χ2n) is 3.64. The topological polar surface area (TPSA) is 48.7 Å². The van der Waals surface area contributed by atoms with Gasteiger partial charge in [-0.15, -0.1) is 0 Å². The van der Waals surface area contributed by atoms with Gasteiger partial charge < -0.3 is 0 Å². The first-order valence-corrected chi connectivity index (χ1v) is 4.94. The molecule has 0 saturated carbocycles. The van der Waals surface area contributed by atoms with E-state index in [4.69, 9.17) is 0 Å². The Morgan fingerprint density at radius 1 is 1.36 bits per heavy atom. The molecule has 14 heavy (non-hydrogen) atoms. The fourth-order valence-corrected chi connectivity index (χ4v) is 1.95. The summed E-state index contributed by atoms with van der Waals surface area (Å²) in [6, 6.07) is 6.23. The molecule has 0 aromatic carbocycles. The maximum atomic E-state index is 9.26. The third-order valence-electron chi connectivity index (χ3n) is 2.77. The SMILES string of the molecule is N#CC1(c2ccncc2)CCCCN1. The van der Waals surface area contributed by atoms with Crippen LogP contribution in [0.1, 0.15) is 24.8 Å². The Morgan fingerprint density at radius 3 is 2.71 bits per heavy atom. The Hall–Kier alpha value is -1.40. The summed E-state index contributed by atoms with van der Waals surface area (Å²) in [6.07, 6.45) is 6.65. The zero-order valence-electron chi connectivity index (χ0n) is 8.03. The minimum absolute atomic E-state index is 0.471.